The number of piperidine rings is 1. The fraction of sp³-hybridized carbons (Fsp3) is 0.383. The molecule has 66 heavy (non-hydrogen) atoms. The monoisotopic (exact) mass is 914 g/mol. The van der Waals surface area contributed by atoms with Crippen LogP contribution in [-0.4, -0.2) is 102 Å². The lowest BCUT2D eigenvalue weighted by molar-refractivity contribution is -0.138. The van der Waals surface area contributed by atoms with E-state index in [1.54, 1.807) is 24.3 Å². The van der Waals surface area contributed by atoms with Gasteiger partial charge in [-0.3, -0.25) is 48.7 Å². The average molecular weight is 915 g/mol. The molecule has 0 aliphatic carbocycles. The fourth-order valence-corrected chi connectivity index (χ4v) is 8.62. The van der Waals surface area contributed by atoms with Crippen molar-refractivity contribution in [3.8, 4) is 11.1 Å². The van der Waals surface area contributed by atoms with E-state index in [1.165, 1.54) is 24.3 Å². The number of carbonyl (C=O) groups is 6. The Morgan fingerprint density at radius 1 is 0.803 bits per heavy atom. The molecule has 0 saturated carbocycles. The van der Waals surface area contributed by atoms with E-state index in [1.807, 2.05) is 25.8 Å². The summed E-state index contributed by atoms with van der Waals surface area (Å²) < 4.78 is 57.3. The molecule has 3 aliphatic rings. The maximum absolute atomic E-state index is 15.5. The second kappa shape index (κ2) is 19.7. The number of anilines is 3. The number of aromatic amines is 1. The Labute approximate surface area is 377 Å². The van der Waals surface area contributed by atoms with E-state index in [4.69, 9.17) is 0 Å². The normalized spacial score (nSPS) is 18.9. The lowest BCUT2D eigenvalue weighted by atomic mass is 9.99. The van der Waals surface area contributed by atoms with Crippen LogP contribution in [0.15, 0.2) is 71.7 Å². The molecule has 0 bridgehead atoms. The number of fused-ring (bicyclic) bond motifs is 1. The number of aromatic nitrogens is 1. The largest absolute Gasteiger partial charge is 0.417 e. The first-order valence-electron chi connectivity index (χ1n) is 21.8. The fourth-order valence-electron chi connectivity index (χ4n) is 8.62. The van der Waals surface area contributed by atoms with Crippen molar-refractivity contribution >= 4 is 52.5 Å². The van der Waals surface area contributed by atoms with Crippen LogP contribution in [0, 0.1) is 5.82 Å². The van der Waals surface area contributed by atoms with E-state index < -0.39 is 70.2 Å². The molecule has 19 heteroatoms. The number of benzene rings is 3. The van der Waals surface area contributed by atoms with Crippen molar-refractivity contribution in [2.75, 3.05) is 48.8 Å². The van der Waals surface area contributed by atoms with E-state index in [-0.39, 0.29) is 58.4 Å². The SMILES string of the molecule is C[C@@H]1CN(c2ccc(-c3cc(C(=O)NCCCCCCCNc4cccc5c4C(=O)N(C4CCC(=O)NC4=O)C5=O)ccc3F)cc2NC(=O)c2c[nH]c(=O)cc2C(F)(F)F)C[C@H](C)N1C. The molecule has 7 rings (SSSR count). The average Bonchev–Trinajstić information content (AvgIpc) is 3.53. The molecule has 2 saturated heterocycles. The summed E-state index contributed by atoms with van der Waals surface area (Å²) >= 11 is 0. The highest BCUT2D eigenvalue weighted by Crippen LogP contribution is 2.37. The number of unbranched alkanes of at least 4 members (excludes halogenated alkanes) is 4. The number of alkyl halides is 3. The molecule has 3 atom stereocenters. The number of H-pyrrole nitrogens is 1. The van der Waals surface area contributed by atoms with Crippen molar-refractivity contribution in [3.63, 3.8) is 0 Å². The highest BCUT2D eigenvalue weighted by molar-refractivity contribution is 6.25. The van der Waals surface area contributed by atoms with Crippen molar-refractivity contribution in [3.05, 3.63) is 111 Å². The Morgan fingerprint density at radius 3 is 2.23 bits per heavy atom. The minimum absolute atomic E-state index is 0.0292. The van der Waals surface area contributed by atoms with Crippen LogP contribution in [0.5, 0.6) is 0 Å². The Kier molecular flexibility index (Phi) is 14.0. The van der Waals surface area contributed by atoms with Crippen LogP contribution in [0.25, 0.3) is 11.1 Å². The second-order valence-corrected chi connectivity index (χ2v) is 16.9. The van der Waals surface area contributed by atoms with Gasteiger partial charge in [-0.25, -0.2) is 4.39 Å². The minimum Gasteiger partial charge on any atom is -0.384 e. The molecular formula is C47H50F4N8O7. The van der Waals surface area contributed by atoms with Gasteiger partial charge in [-0.2, -0.15) is 13.2 Å². The number of amides is 6. The summed E-state index contributed by atoms with van der Waals surface area (Å²) in [4.78, 5) is 96.3. The number of carbonyl (C=O) groups excluding carboxylic acids is 6. The maximum atomic E-state index is 15.5. The van der Waals surface area contributed by atoms with Crippen molar-refractivity contribution in [2.24, 2.45) is 0 Å². The van der Waals surface area contributed by atoms with Gasteiger partial charge in [-0.05, 0) is 88.2 Å². The molecule has 1 aromatic heterocycles. The summed E-state index contributed by atoms with van der Waals surface area (Å²) in [5, 5.41) is 10.9. The summed E-state index contributed by atoms with van der Waals surface area (Å²) in [6, 6.07) is 12.9. The number of nitrogens with one attached hydrogen (secondary N) is 5. The third-order valence-electron chi connectivity index (χ3n) is 12.4. The van der Waals surface area contributed by atoms with Gasteiger partial charge in [-0.1, -0.05) is 31.4 Å². The van der Waals surface area contributed by atoms with Gasteiger partial charge < -0.3 is 25.8 Å². The zero-order chi connectivity index (χ0) is 47.4. The topological polar surface area (TPSA) is 193 Å². The van der Waals surface area contributed by atoms with E-state index in [2.05, 4.69) is 31.2 Å². The molecule has 4 heterocycles. The first-order chi connectivity index (χ1) is 31.4. The van der Waals surface area contributed by atoms with Crippen LogP contribution in [0.1, 0.15) is 106 Å². The molecule has 3 aliphatic heterocycles. The first-order valence-corrected chi connectivity index (χ1v) is 21.8. The van der Waals surface area contributed by atoms with Crippen LogP contribution in [0.2, 0.25) is 0 Å². The zero-order valence-electron chi connectivity index (χ0n) is 36.6. The Hall–Kier alpha value is -6.89. The Morgan fingerprint density at radius 2 is 1.52 bits per heavy atom. The van der Waals surface area contributed by atoms with Crippen LogP contribution < -0.4 is 31.7 Å². The van der Waals surface area contributed by atoms with E-state index in [9.17, 15) is 46.7 Å². The summed E-state index contributed by atoms with van der Waals surface area (Å²) in [5.41, 5.74) is -1.29. The summed E-state index contributed by atoms with van der Waals surface area (Å²) in [5.74, 6) is -4.52. The first kappa shape index (κ1) is 47.1. The number of rotatable bonds is 15. The van der Waals surface area contributed by atoms with Gasteiger partial charge >= 0.3 is 6.18 Å². The van der Waals surface area contributed by atoms with Gasteiger partial charge in [0.2, 0.25) is 17.4 Å². The summed E-state index contributed by atoms with van der Waals surface area (Å²) in [7, 11) is 1.99. The maximum Gasteiger partial charge on any atom is 0.417 e. The third kappa shape index (κ3) is 10.1. The van der Waals surface area contributed by atoms with Crippen molar-refractivity contribution in [1.29, 1.82) is 0 Å². The smallest absolute Gasteiger partial charge is 0.384 e. The minimum atomic E-state index is -5.00. The standard InChI is InChI=1S/C47H50F4N8O7/c1-26-24-58(25-27(2)57(26)3)37-15-13-28(21-36(37)55-43(63)32-23-54-40(61)22-33(32)47(49,50)51)31-20-29(12-14-34(31)48)42(62)53-19-8-6-4-5-7-18-52-35-11-9-10-30-41(35)46(66)59(45(30)65)38-16-17-39(60)56-44(38)64/h9-15,20-23,26-27,38,52H,4-8,16-19,24-25H2,1-3H3,(H,53,62)(H,54,61)(H,55,63)(H,56,60,64)/t26-,27+,38?. The predicted molar refractivity (Wildman–Crippen MR) is 238 cm³/mol. The zero-order valence-corrected chi connectivity index (χ0v) is 36.6. The molecule has 2 fully saturated rings. The number of nitrogens with zero attached hydrogens (tertiary/aromatic N) is 3. The van der Waals surface area contributed by atoms with Gasteiger partial charge in [0, 0.05) is 73.8 Å². The number of hydrogen-bond donors (Lipinski definition) is 5. The van der Waals surface area contributed by atoms with Gasteiger partial charge in [0.25, 0.3) is 23.6 Å². The molecule has 3 aromatic carbocycles. The number of imide groups is 2. The molecule has 0 radical (unpaired) electrons. The number of halogens is 4. The molecule has 4 aromatic rings. The van der Waals surface area contributed by atoms with Gasteiger partial charge in [0.05, 0.1) is 33.6 Å². The Bertz CT molecular complexity index is 2620. The number of likely N-dealkylation sites (N-methyl/N-ethyl adjacent to an activating group) is 1. The number of pyridine rings is 1. The van der Waals surface area contributed by atoms with Crippen LogP contribution in [-0.2, 0) is 15.8 Å². The van der Waals surface area contributed by atoms with Gasteiger partial charge in [0.1, 0.15) is 11.9 Å². The molecule has 5 N–H and O–H groups in total. The van der Waals surface area contributed by atoms with Crippen molar-refractivity contribution < 1.29 is 46.3 Å². The molecule has 0 spiro atoms. The van der Waals surface area contributed by atoms with E-state index in [0.29, 0.717) is 56.2 Å². The number of hydrogen-bond acceptors (Lipinski definition) is 10. The molecule has 1 unspecified atom stereocenters. The highest BCUT2D eigenvalue weighted by Gasteiger charge is 2.45. The molecule has 6 amide bonds. The van der Waals surface area contributed by atoms with E-state index in [0.717, 1.165) is 36.6 Å². The second-order valence-electron chi connectivity index (χ2n) is 16.9. The lowest BCUT2D eigenvalue weighted by Gasteiger charge is -2.44. The van der Waals surface area contributed by atoms with Crippen molar-refractivity contribution in [2.45, 2.75) is 83.1 Å². The van der Waals surface area contributed by atoms with Crippen molar-refractivity contribution in [1.82, 2.24) is 25.4 Å². The molecular weight excluding hydrogens is 865 g/mol. The van der Waals surface area contributed by atoms with Gasteiger partial charge in [0.15, 0.2) is 0 Å². The summed E-state index contributed by atoms with van der Waals surface area (Å²) in [6.07, 6.45) is -0.327. The third-order valence-corrected chi connectivity index (χ3v) is 12.4. The predicted octanol–water partition coefficient (Wildman–Crippen LogP) is 6.17. The summed E-state index contributed by atoms with van der Waals surface area (Å²) in [6.45, 7) is 5.95. The van der Waals surface area contributed by atoms with Crippen LogP contribution in [0.4, 0.5) is 34.6 Å². The Balaban J connectivity index is 0.941. The number of piperazine rings is 1. The molecule has 15 nitrogen and oxygen atoms in total. The van der Waals surface area contributed by atoms with E-state index >= 15 is 4.39 Å². The van der Waals surface area contributed by atoms with Crippen LogP contribution in [0.3, 0.4) is 0 Å². The lowest BCUT2D eigenvalue weighted by Crippen LogP contribution is -2.55. The quantitative estimate of drug-likeness (QED) is 0.0523. The van der Waals surface area contributed by atoms with Crippen LogP contribution >= 0.6 is 0 Å². The highest BCUT2D eigenvalue weighted by atomic mass is 19.4. The van der Waals surface area contributed by atoms with Gasteiger partial charge in [-0.15, -0.1) is 0 Å². The molecule has 348 valence electrons.